The molecule has 3 aromatic rings. The molecule has 1 amide bonds. The number of benzene rings is 1. The Morgan fingerprint density at radius 3 is 2.88 bits per heavy atom. The average Bonchev–Trinajstić information content (AvgIpc) is 3.22. The zero-order valence-electron chi connectivity index (χ0n) is 13.9. The Morgan fingerprint density at radius 1 is 1.36 bits per heavy atom. The summed E-state index contributed by atoms with van der Waals surface area (Å²) < 4.78 is 16.8. The minimum absolute atomic E-state index is 0.215. The number of rotatable bonds is 6. The van der Waals surface area contributed by atoms with Crippen LogP contribution in [-0.2, 0) is 13.5 Å². The molecular formula is C18H20FN5O. The molecule has 1 atom stereocenters. The standard InChI is InChI=1S/C18H20FN5O/c1-23-17(5-7-21-23)24-8-6-14(12-24)18(25)22-16(11-20)10-13-3-2-4-15(19)9-13/h2-9,12,16H,10-11,20H2,1H3,(H,22,25). The average molecular weight is 341 g/mol. The fraction of sp³-hybridized carbons (Fsp3) is 0.222. The zero-order chi connectivity index (χ0) is 17.8. The highest BCUT2D eigenvalue weighted by Gasteiger charge is 2.15. The maximum absolute atomic E-state index is 13.3. The number of aryl methyl sites for hydroxylation is 1. The second-order valence-corrected chi connectivity index (χ2v) is 5.86. The lowest BCUT2D eigenvalue weighted by molar-refractivity contribution is 0.0938. The molecule has 0 saturated heterocycles. The van der Waals surface area contributed by atoms with Gasteiger partial charge in [0.1, 0.15) is 11.6 Å². The molecule has 0 fully saturated rings. The van der Waals surface area contributed by atoms with Gasteiger partial charge in [0.25, 0.3) is 5.91 Å². The Labute approximate surface area is 145 Å². The molecule has 0 saturated carbocycles. The van der Waals surface area contributed by atoms with E-state index >= 15 is 0 Å². The van der Waals surface area contributed by atoms with E-state index in [1.54, 1.807) is 35.4 Å². The molecule has 2 aromatic heterocycles. The number of hydrogen-bond donors (Lipinski definition) is 2. The molecule has 7 heteroatoms. The molecule has 0 aliphatic heterocycles. The Balaban J connectivity index is 1.68. The predicted octanol–water partition coefficient (Wildman–Crippen LogP) is 1.65. The van der Waals surface area contributed by atoms with Crippen LogP contribution in [0.3, 0.4) is 0 Å². The Hall–Kier alpha value is -2.93. The third-order valence-electron chi connectivity index (χ3n) is 4.01. The van der Waals surface area contributed by atoms with Crippen LogP contribution in [0.15, 0.2) is 55.0 Å². The second kappa shape index (κ2) is 7.31. The first-order valence-electron chi connectivity index (χ1n) is 7.98. The van der Waals surface area contributed by atoms with Crippen LogP contribution < -0.4 is 11.1 Å². The van der Waals surface area contributed by atoms with Crippen molar-refractivity contribution in [3.8, 4) is 5.82 Å². The summed E-state index contributed by atoms with van der Waals surface area (Å²) in [6.45, 7) is 0.269. The summed E-state index contributed by atoms with van der Waals surface area (Å²) in [7, 11) is 1.83. The summed E-state index contributed by atoms with van der Waals surface area (Å²) >= 11 is 0. The lowest BCUT2D eigenvalue weighted by Gasteiger charge is -2.16. The number of nitrogens with zero attached hydrogens (tertiary/aromatic N) is 3. The number of aromatic nitrogens is 3. The highest BCUT2D eigenvalue weighted by atomic mass is 19.1. The number of nitrogens with one attached hydrogen (secondary N) is 1. The lowest BCUT2D eigenvalue weighted by Crippen LogP contribution is -2.41. The summed E-state index contributed by atoms with van der Waals surface area (Å²) in [5.74, 6) is 0.342. The first-order valence-corrected chi connectivity index (χ1v) is 7.98. The van der Waals surface area contributed by atoms with E-state index < -0.39 is 0 Å². The van der Waals surface area contributed by atoms with Crippen molar-refractivity contribution in [1.29, 1.82) is 0 Å². The molecule has 0 aliphatic rings. The molecule has 1 aromatic carbocycles. The predicted molar refractivity (Wildman–Crippen MR) is 92.9 cm³/mol. The van der Waals surface area contributed by atoms with Crippen LogP contribution >= 0.6 is 0 Å². The minimum Gasteiger partial charge on any atom is -0.348 e. The molecule has 0 aliphatic carbocycles. The smallest absolute Gasteiger partial charge is 0.253 e. The van der Waals surface area contributed by atoms with Gasteiger partial charge in [-0.05, 0) is 30.2 Å². The first kappa shape index (κ1) is 16.9. The third kappa shape index (κ3) is 3.95. The van der Waals surface area contributed by atoms with E-state index in [4.69, 9.17) is 5.73 Å². The van der Waals surface area contributed by atoms with Crippen molar-refractivity contribution in [2.75, 3.05) is 6.54 Å². The van der Waals surface area contributed by atoms with E-state index in [1.807, 2.05) is 23.7 Å². The Bertz CT molecular complexity index is 870. The molecule has 1 unspecified atom stereocenters. The second-order valence-electron chi connectivity index (χ2n) is 5.86. The van der Waals surface area contributed by atoms with Gasteiger partial charge in [-0.2, -0.15) is 5.10 Å². The largest absolute Gasteiger partial charge is 0.348 e. The van der Waals surface area contributed by atoms with Crippen LogP contribution in [0.2, 0.25) is 0 Å². The normalized spacial score (nSPS) is 12.1. The van der Waals surface area contributed by atoms with E-state index in [9.17, 15) is 9.18 Å². The number of halogens is 1. The molecule has 25 heavy (non-hydrogen) atoms. The van der Waals surface area contributed by atoms with Gasteiger partial charge in [0.2, 0.25) is 0 Å². The van der Waals surface area contributed by atoms with Gasteiger partial charge in [-0.25, -0.2) is 4.39 Å². The number of nitrogens with two attached hydrogens (primary N) is 1. The zero-order valence-corrected chi connectivity index (χ0v) is 13.9. The highest BCUT2D eigenvalue weighted by Crippen LogP contribution is 2.11. The fourth-order valence-corrected chi connectivity index (χ4v) is 2.70. The molecular weight excluding hydrogens is 321 g/mol. The van der Waals surface area contributed by atoms with E-state index in [2.05, 4.69) is 10.4 Å². The fourth-order valence-electron chi connectivity index (χ4n) is 2.70. The van der Waals surface area contributed by atoms with Crippen LogP contribution in [0.25, 0.3) is 5.82 Å². The van der Waals surface area contributed by atoms with E-state index in [0.717, 1.165) is 11.4 Å². The van der Waals surface area contributed by atoms with Gasteiger partial charge in [0.05, 0.1) is 11.8 Å². The molecule has 130 valence electrons. The van der Waals surface area contributed by atoms with Gasteiger partial charge in [0.15, 0.2) is 0 Å². The monoisotopic (exact) mass is 341 g/mol. The summed E-state index contributed by atoms with van der Waals surface area (Å²) in [6, 6.07) is 9.63. The molecule has 3 rings (SSSR count). The van der Waals surface area contributed by atoms with Gasteiger partial charge in [-0.3, -0.25) is 9.48 Å². The maximum atomic E-state index is 13.3. The molecule has 6 nitrogen and oxygen atoms in total. The van der Waals surface area contributed by atoms with E-state index in [1.165, 1.54) is 12.1 Å². The van der Waals surface area contributed by atoms with Crippen molar-refractivity contribution in [1.82, 2.24) is 19.7 Å². The summed E-state index contributed by atoms with van der Waals surface area (Å²) in [5, 5.41) is 7.01. The third-order valence-corrected chi connectivity index (χ3v) is 4.01. The Morgan fingerprint density at radius 2 is 2.20 bits per heavy atom. The van der Waals surface area contributed by atoms with Gasteiger partial charge < -0.3 is 15.6 Å². The van der Waals surface area contributed by atoms with Crippen molar-refractivity contribution >= 4 is 5.91 Å². The number of carbonyl (C=O) groups excluding carboxylic acids is 1. The minimum atomic E-state index is -0.298. The highest BCUT2D eigenvalue weighted by molar-refractivity contribution is 5.94. The van der Waals surface area contributed by atoms with Gasteiger partial charge in [0, 0.05) is 38.1 Å². The van der Waals surface area contributed by atoms with Crippen molar-refractivity contribution in [2.45, 2.75) is 12.5 Å². The SMILES string of the molecule is Cn1nccc1-n1ccc(C(=O)NC(CN)Cc2cccc(F)c2)c1. The van der Waals surface area contributed by atoms with E-state index in [-0.39, 0.29) is 24.3 Å². The van der Waals surface area contributed by atoms with Crippen LogP contribution in [0.1, 0.15) is 15.9 Å². The lowest BCUT2D eigenvalue weighted by atomic mass is 10.1. The summed E-state index contributed by atoms with van der Waals surface area (Å²) in [6.07, 6.45) is 5.71. The summed E-state index contributed by atoms with van der Waals surface area (Å²) in [4.78, 5) is 12.5. The van der Waals surface area contributed by atoms with Crippen molar-refractivity contribution in [3.05, 3.63) is 71.9 Å². The van der Waals surface area contributed by atoms with E-state index in [0.29, 0.717) is 12.0 Å². The van der Waals surface area contributed by atoms with Crippen molar-refractivity contribution < 1.29 is 9.18 Å². The number of carbonyl (C=O) groups is 1. The number of hydrogen-bond acceptors (Lipinski definition) is 3. The van der Waals surface area contributed by atoms with Gasteiger partial charge in [-0.15, -0.1) is 0 Å². The molecule has 0 radical (unpaired) electrons. The summed E-state index contributed by atoms with van der Waals surface area (Å²) in [5.41, 5.74) is 7.08. The van der Waals surface area contributed by atoms with Crippen LogP contribution in [-0.4, -0.2) is 32.8 Å². The van der Waals surface area contributed by atoms with Crippen LogP contribution in [0, 0.1) is 5.82 Å². The van der Waals surface area contributed by atoms with Gasteiger partial charge in [-0.1, -0.05) is 12.1 Å². The van der Waals surface area contributed by atoms with Crippen molar-refractivity contribution in [3.63, 3.8) is 0 Å². The molecule has 3 N–H and O–H groups in total. The van der Waals surface area contributed by atoms with Crippen LogP contribution in [0.5, 0.6) is 0 Å². The van der Waals surface area contributed by atoms with Crippen molar-refractivity contribution in [2.24, 2.45) is 12.8 Å². The number of amides is 1. The topological polar surface area (TPSA) is 77.9 Å². The molecule has 0 spiro atoms. The Kier molecular flexibility index (Phi) is 4.95. The van der Waals surface area contributed by atoms with Crippen LogP contribution in [0.4, 0.5) is 4.39 Å². The molecule has 2 heterocycles. The quantitative estimate of drug-likeness (QED) is 0.716. The van der Waals surface area contributed by atoms with Gasteiger partial charge >= 0.3 is 0 Å². The molecule has 0 bridgehead atoms. The first-order chi connectivity index (χ1) is 12.1. The maximum Gasteiger partial charge on any atom is 0.253 e.